The molecule has 0 N–H and O–H groups in total. The lowest BCUT2D eigenvalue weighted by atomic mass is 10.0. The zero-order valence-electron chi connectivity index (χ0n) is 16.9. The van der Waals surface area contributed by atoms with E-state index in [-0.39, 0.29) is 11.7 Å². The molecule has 1 amide bonds. The van der Waals surface area contributed by atoms with E-state index in [1.54, 1.807) is 22.8 Å². The second-order valence-electron chi connectivity index (χ2n) is 7.20. The third kappa shape index (κ3) is 3.63. The van der Waals surface area contributed by atoms with Crippen molar-refractivity contribution in [3.05, 3.63) is 76.3 Å². The predicted molar refractivity (Wildman–Crippen MR) is 115 cm³/mol. The van der Waals surface area contributed by atoms with E-state index in [9.17, 15) is 4.79 Å². The van der Waals surface area contributed by atoms with Crippen molar-refractivity contribution in [1.82, 2.24) is 19.7 Å². The highest BCUT2D eigenvalue weighted by Gasteiger charge is 2.31. The van der Waals surface area contributed by atoms with Crippen LogP contribution in [0.3, 0.4) is 0 Å². The van der Waals surface area contributed by atoms with Gasteiger partial charge in [-0.1, -0.05) is 41.9 Å². The summed E-state index contributed by atoms with van der Waals surface area (Å²) in [7, 11) is 1.56. The van der Waals surface area contributed by atoms with E-state index in [0.29, 0.717) is 37.2 Å². The first kappa shape index (κ1) is 19.9. The van der Waals surface area contributed by atoms with Crippen LogP contribution in [0, 0.1) is 0 Å². The summed E-state index contributed by atoms with van der Waals surface area (Å²) < 4.78 is 12.6. The highest BCUT2D eigenvalue weighted by molar-refractivity contribution is 6.31. The smallest absolute Gasteiger partial charge is 0.293 e. The molecule has 0 bridgehead atoms. The molecule has 1 unspecified atom stereocenters. The van der Waals surface area contributed by atoms with Crippen LogP contribution in [0.5, 0.6) is 0 Å². The van der Waals surface area contributed by atoms with E-state index in [1.807, 2.05) is 42.5 Å². The number of amides is 1. The van der Waals surface area contributed by atoms with Crippen LogP contribution in [0.2, 0.25) is 5.02 Å². The topological polar surface area (TPSA) is 81.8 Å². The van der Waals surface area contributed by atoms with Crippen molar-refractivity contribution in [2.75, 3.05) is 33.4 Å². The maximum Gasteiger partial charge on any atom is 0.293 e. The minimum atomic E-state index is -0.736. The van der Waals surface area contributed by atoms with Crippen LogP contribution < -0.4 is 0 Å². The fraction of sp³-hybridized carbons (Fsp3) is 0.273. The molecule has 3 aromatic rings. The Labute approximate surface area is 184 Å². The van der Waals surface area contributed by atoms with Crippen LogP contribution in [-0.2, 0) is 9.47 Å². The van der Waals surface area contributed by atoms with Crippen LogP contribution >= 0.6 is 11.6 Å². The van der Waals surface area contributed by atoms with Crippen molar-refractivity contribution in [3.8, 4) is 5.69 Å². The number of aromatic nitrogens is 3. The van der Waals surface area contributed by atoms with Gasteiger partial charge in [0.05, 0.1) is 24.6 Å². The molecule has 1 aromatic heterocycles. The number of fused-ring (bicyclic) bond motifs is 3. The highest BCUT2D eigenvalue weighted by atomic mass is 35.5. The van der Waals surface area contributed by atoms with Gasteiger partial charge >= 0.3 is 0 Å². The van der Waals surface area contributed by atoms with E-state index in [1.165, 1.54) is 0 Å². The Morgan fingerprint density at radius 3 is 2.68 bits per heavy atom. The molecule has 1 fully saturated rings. The molecule has 0 radical (unpaired) electrons. The van der Waals surface area contributed by atoms with Crippen molar-refractivity contribution in [1.29, 1.82) is 0 Å². The Balaban J connectivity index is 1.66. The third-order valence-electron chi connectivity index (χ3n) is 5.30. The van der Waals surface area contributed by atoms with E-state index in [0.717, 1.165) is 22.5 Å². The second-order valence-corrected chi connectivity index (χ2v) is 7.64. The minimum Gasteiger partial charge on any atom is -0.378 e. The molecule has 1 atom stereocenters. The first-order chi connectivity index (χ1) is 15.2. The van der Waals surface area contributed by atoms with E-state index < -0.39 is 6.23 Å². The van der Waals surface area contributed by atoms with Crippen LogP contribution in [0.15, 0.2) is 53.5 Å². The standard InChI is InChI=1S/C22H20ClN5O3/c1-30-21-20-25-19(22(29)27-9-11-31-12-10-27)26-28(20)17-8-7-15(23)13-16(17)18(24-21)14-5-3-2-4-6-14/h2-8,13,21H,9-12H2,1H3. The average Bonchev–Trinajstić information content (AvgIpc) is 3.20. The van der Waals surface area contributed by atoms with Gasteiger partial charge in [-0.2, -0.15) is 0 Å². The Hall–Kier alpha value is -3.07. The average molecular weight is 438 g/mol. The van der Waals surface area contributed by atoms with Crippen LogP contribution in [-0.4, -0.2) is 64.7 Å². The molecule has 3 heterocycles. The fourth-order valence-corrected chi connectivity index (χ4v) is 3.94. The van der Waals surface area contributed by atoms with Crippen molar-refractivity contribution in [2.24, 2.45) is 4.99 Å². The van der Waals surface area contributed by atoms with Crippen LogP contribution in [0.25, 0.3) is 5.69 Å². The molecular formula is C22H20ClN5O3. The second kappa shape index (κ2) is 8.22. The van der Waals surface area contributed by atoms with Crippen LogP contribution in [0.4, 0.5) is 0 Å². The van der Waals surface area contributed by atoms with Gasteiger partial charge in [-0.25, -0.2) is 14.7 Å². The number of hydrogen-bond donors (Lipinski definition) is 0. The lowest BCUT2D eigenvalue weighted by Crippen LogP contribution is -2.41. The number of ether oxygens (including phenoxy) is 2. The summed E-state index contributed by atoms with van der Waals surface area (Å²) in [4.78, 5) is 24.1. The lowest BCUT2D eigenvalue weighted by molar-refractivity contribution is 0.0294. The zero-order valence-corrected chi connectivity index (χ0v) is 17.6. The molecule has 2 aromatic carbocycles. The molecule has 0 aliphatic carbocycles. The van der Waals surface area contributed by atoms with Gasteiger partial charge < -0.3 is 14.4 Å². The number of hydrogen-bond acceptors (Lipinski definition) is 6. The number of aliphatic imine (C=N–C) groups is 1. The summed E-state index contributed by atoms with van der Waals surface area (Å²) in [6, 6.07) is 15.3. The van der Waals surface area contributed by atoms with Gasteiger partial charge in [-0.3, -0.25) is 4.79 Å². The largest absolute Gasteiger partial charge is 0.378 e. The Morgan fingerprint density at radius 1 is 1.16 bits per heavy atom. The van der Waals surface area contributed by atoms with Crippen molar-refractivity contribution < 1.29 is 14.3 Å². The number of carbonyl (C=O) groups excluding carboxylic acids is 1. The van der Waals surface area contributed by atoms with E-state index in [4.69, 9.17) is 26.1 Å². The normalized spacial score (nSPS) is 18.1. The molecule has 9 heteroatoms. The van der Waals surface area contributed by atoms with Gasteiger partial charge in [-0.15, -0.1) is 5.10 Å². The maximum absolute atomic E-state index is 13.0. The van der Waals surface area contributed by atoms with Gasteiger partial charge in [0, 0.05) is 36.3 Å². The molecular weight excluding hydrogens is 418 g/mol. The van der Waals surface area contributed by atoms with Crippen molar-refractivity contribution >= 4 is 23.2 Å². The quantitative estimate of drug-likeness (QED) is 0.629. The molecule has 1 saturated heterocycles. The van der Waals surface area contributed by atoms with Crippen molar-refractivity contribution in [3.63, 3.8) is 0 Å². The molecule has 5 rings (SSSR count). The molecule has 158 valence electrons. The number of carbonyl (C=O) groups is 1. The van der Waals surface area contributed by atoms with Gasteiger partial charge in [-0.05, 0) is 18.2 Å². The first-order valence-corrected chi connectivity index (χ1v) is 10.3. The van der Waals surface area contributed by atoms with Crippen LogP contribution in [0.1, 0.15) is 33.8 Å². The predicted octanol–water partition coefficient (Wildman–Crippen LogP) is 2.89. The molecule has 0 saturated carbocycles. The maximum atomic E-state index is 13.0. The molecule has 8 nitrogen and oxygen atoms in total. The van der Waals surface area contributed by atoms with E-state index in [2.05, 4.69) is 10.1 Å². The lowest BCUT2D eigenvalue weighted by Gasteiger charge is -2.25. The summed E-state index contributed by atoms with van der Waals surface area (Å²) in [5.74, 6) is 0.313. The summed E-state index contributed by atoms with van der Waals surface area (Å²) in [6.45, 7) is 2.04. The van der Waals surface area contributed by atoms with Gasteiger partial charge in [0.15, 0.2) is 5.82 Å². The SMILES string of the molecule is COC1N=C(c2ccccc2)c2cc(Cl)ccc2-n2nc(C(=O)N3CCOCC3)nc21. The van der Waals surface area contributed by atoms with Gasteiger partial charge in [0.2, 0.25) is 12.1 Å². The Morgan fingerprint density at radius 2 is 1.94 bits per heavy atom. The third-order valence-corrected chi connectivity index (χ3v) is 5.54. The summed E-state index contributed by atoms with van der Waals surface area (Å²) in [5.41, 5.74) is 3.16. The van der Waals surface area contributed by atoms with Gasteiger partial charge in [0.25, 0.3) is 5.91 Å². The minimum absolute atomic E-state index is 0.109. The van der Waals surface area contributed by atoms with E-state index >= 15 is 0 Å². The number of morpholine rings is 1. The Bertz CT molecular complexity index is 1160. The first-order valence-electron chi connectivity index (χ1n) is 9.96. The highest BCUT2D eigenvalue weighted by Crippen LogP contribution is 2.31. The summed E-state index contributed by atoms with van der Waals surface area (Å²) in [5, 5.41) is 5.13. The number of halogens is 1. The number of rotatable bonds is 3. The monoisotopic (exact) mass is 437 g/mol. The molecule has 31 heavy (non-hydrogen) atoms. The summed E-state index contributed by atoms with van der Waals surface area (Å²) in [6.07, 6.45) is -0.736. The molecule has 2 aliphatic heterocycles. The van der Waals surface area contributed by atoms with Gasteiger partial charge in [0.1, 0.15) is 0 Å². The number of nitrogens with zero attached hydrogens (tertiary/aromatic N) is 5. The number of benzene rings is 2. The number of methoxy groups -OCH3 is 1. The van der Waals surface area contributed by atoms with Crippen molar-refractivity contribution in [2.45, 2.75) is 6.23 Å². The molecule has 0 spiro atoms. The molecule has 2 aliphatic rings. The summed E-state index contributed by atoms with van der Waals surface area (Å²) >= 11 is 6.33. The fourth-order valence-electron chi connectivity index (χ4n) is 3.77. The zero-order chi connectivity index (χ0) is 21.4. The Kier molecular flexibility index (Phi) is 5.27.